The molecule has 1 heterocycles. The third kappa shape index (κ3) is 7.58. The topological polar surface area (TPSA) is 50.4 Å². The molecule has 1 aliphatic heterocycles. The molecule has 17 heavy (non-hydrogen) atoms. The average Bonchev–Trinajstić information content (AvgIpc) is 2.34. The molecule has 1 aliphatic rings. The maximum Gasteiger partial charge on any atom is 0.220 e. The maximum absolute atomic E-state index is 11.5. The minimum absolute atomic E-state index is 0. The van der Waals surface area contributed by atoms with E-state index in [-0.39, 0.29) is 18.3 Å². The van der Waals surface area contributed by atoms with Crippen LogP contribution < -0.4 is 10.6 Å². The fourth-order valence-corrected chi connectivity index (χ4v) is 1.78. The minimum atomic E-state index is 0. The molecular formula is C12H25ClN2O2. The van der Waals surface area contributed by atoms with Crippen molar-refractivity contribution in [3.63, 3.8) is 0 Å². The summed E-state index contributed by atoms with van der Waals surface area (Å²) in [7, 11) is 1.90. The fourth-order valence-electron chi connectivity index (χ4n) is 1.78. The zero-order valence-corrected chi connectivity index (χ0v) is 11.6. The third-order valence-corrected chi connectivity index (χ3v) is 3.07. The standard InChI is InChI=1S/C12H24N2O2.ClH/c1-10(13-2)9-14-12(15)7-6-11-5-3-4-8-16-11;/h10-11,13H,3-9H2,1-2H3,(H,14,15);1H. The molecule has 0 bridgehead atoms. The number of halogens is 1. The molecule has 2 atom stereocenters. The van der Waals surface area contributed by atoms with Gasteiger partial charge in [-0.2, -0.15) is 0 Å². The molecule has 1 amide bonds. The largest absolute Gasteiger partial charge is 0.378 e. The maximum atomic E-state index is 11.5. The van der Waals surface area contributed by atoms with Crippen molar-refractivity contribution in [2.75, 3.05) is 20.2 Å². The lowest BCUT2D eigenvalue weighted by atomic mass is 10.0. The molecule has 0 spiro atoms. The molecule has 0 aromatic rings. The van der Waals surface area contributed by atoms with Crippen LogP contribution in [0.2, 0.25) is 0 Å². The van der Waals surface area contributed by atoms with Crippen LogP contribution >= 0.6 is 12.4 Å². The number of carbonyl (C=O) groups is 1. The second kappa shape index (κ2) is 9.68. The smallest absolute Gasteiger partial charge is 0.220 e. The van der Waals surface area contributed by atoms with Crippen molar-refractivity contribution in [3.05, 3.63) is 0 Å². The van der Waals surface area contributed by atoms with Crippen LogP contribution in [-0.4, -0.2) is 38.3 Å². The van der Waals surface area contributed by atoms with Gasteiger partial charge in [0.25, 0.3) is 0 Å². The van der Waals surface area contributed by atoms with Crippen LogP contribution in [0.1, 0.15) is 39.0 Å². The van der Waals surface area contributed by atoms with E-state index in [1.165, 1.54) is 12.8 Å². The van der Waals surface area contributed by atoms with Crippen molar-refractivity contribution in [3.8, 4) is 0 Å². The number of nitrogens with one attached hydrogen (secondary N) is 2. The second-order valence-corrected chi connectivity index (χ2v) is 4.52. The first-order chi connectivity index (χ1) is 7.72. The number of carbonyl (C=O) groups excluding carboxylic acids is 1. The fraction of sp³-hybridized carbons (Fsp3) is 0.917. The van der Waals surface area contributed by atoms with Crippen LogP contribution in [0.25, 0.3) is 0 Å². The molecule has 0 saturated carbocycles. The molecule has 2 unspecified atom stereocenters. The van der Waals surface area contributed by atoms with Crippen LogP contribution in [0.4, 0.5) is 0 Å². The number of likely N-dealkylation sites (N-methyl/N-ethyl adjacent to an activating group) is 1. The predicted molar refractivity (Wildman–Crippen MR) is 71.6 cm³/mol. The van der Waals surface area contributed by atoms with Crippen molar-refractivity contribution >= 4 is 18.3 Å². The predicted octanol–water partition coefficient (Wildman–Crippen LogP) is 1.48. The van der Waals surface area contributed by atoms with Crippen LogP contribution in [0, 0.1) is 0 Å². The first-order valence-electron chi connectivity index (χ1n) is 6.28. The number of hydrogen-bond donors (Lipinski definition) is 2. The van der Waals surface area contributed by atoms with Crippen LogP contribution in [-0.2, 0) is 9.53 Å². The first kappa shape index (κ1) is 16.7. The molecular weight excluding hydrogens is 240 g/mol. The van der Waals surface area contributed by atoms with Crippen LogP contribution in [0.15, 0.2) is 0 Å². The summed E-state index contributed by atoms with van der Waals surface area (Å²) in [5, 5.41) is 6.00. The highest BCUT2D eigenvalue weighted by Crippen LogP contribution is 2.16. The average molecular weight is 265 g/mol. The van der Waals surface area contributed by atoms with Gasteiger partial charge in [-0.1, -0.05) is 0 Å². The Balaban J connectivity index is 0.00000256. The molecule has 1 saturated heterocycles. The van der Waals surface area contributed by atoms with Crippen LogP contribution in [0.3, 0.4) is 0 Å². The summed E-state index contributed by atoms with van der Waals surface area (Å²) in [6, 6.07) is 0.329. The molecule has 4 nitrogen and oxygen atoms in total. The summed E-state index contributed by atoms with van der Waals surface area (Å²) in [6.07, 6.45) is 5.27. The third-order valence-electron chi connectivity index (χ3n) is 3.07. The van der Waals surface area contributed by atoms with Crippen molar-refractivity contribution in [1.82, 2.24) is 10.6 Å². The van der Waals surface area contributed by atoms with Gasteiger partial charge in [-0.25, -0.2) is 0 Å². The number of amides is 1. The summed E-state index contributed by atoms with van der Waals surface area (Å²) in [6.45, 7) is 3.61. The highest BCUT2D eigenvalue weighted by atomic mass is 35.5. The lowest BCUT2D eigenvalue weighted by molar-refractivity contribution is -0.122. The lowest BCUT2D eigenvalue weighted by Gasteiger charge is -2.22. The Kier molecular flexibility index (Phi) is 9.50. The quantitative estimate of drug-likeness (QED) is 0.764. The van der Waals surface area contributed by atoms with E-state index in [4.69, 9.17) is 4.74 Å². The van der Waals surface area contributed by atoms with Gasteiger partial charge >= 0.3 is 0 Å². The normalized spacial score (nSPS) is 21.4. The van der Waals surface area contributed by atoms with E-state index in [1.807, 2.05) is 14.0 Å². The van der Waals surface area contributed by atoms with Gasteiger partial charge < -0.3 is 15.4 Å². The molecule has 2 N–H and O–H groups in total. The van der Waals surface area contributed by atoms with Gasteiger partial charge in [0.15, 0.2) is 0 Å². The Bertz CT molecular complexity index is 209. The Labute approximate surface area is 110 Å². The highest BCUT2D eigenvalue weighted by Gasteiger charge is 2.15. The summed E-state index contributed by atoms with van der Waals surface area (Å²) < 4.78 is 5.58. The van der Waals surface area contributed by atoms with E-state index in [9.17, 15) is 4.79 Å². The molecule has 0 aromatic heterocycles. The number of hydrogen-bond acceptors (Lipinski definition) is 3. The van der Waals surface area contributed by atoms with E-state index in [2.05, 4.69) is 10.6 Å². The van der Waals surface area contributed by atoms with Gasteiger partial charge in [0.05, 0.1) is 6.10 Å². The minimum Gasteiger partial charge on any atom is -0.378 e. The molecule has 0 radical (unpaired) electrons. The van der Waals surface area contributed by atoms with E-state index in [1.54, 1.807) is 0 Å². The Morgan fingerprint density at radius 2 is 2.24 bits per heavy atom. The monoisotopic (exact) mass is 264 g/mol. The Hall–Kier alpha value is -0.320. The van der Waals surface area contributed by atoms with E-state index >= 15 is 0 Å². The molecule has 0 aliphatic carbocycles. The van der Waals surface area contributed by atoms with Gasteiger partial charge in [-0.05, 0) is 39.7 Å². The molecule has 5 heteroatoms. The van der Waals surface area contributed by atoms with Gasteiger partial charge in [0, 0.05) is 25.6 Å². The summed E-state index contributed by atoms with van der Waals surface area (Å²) in [5.41, 5.74) is 0. The van der Waals surface area contributed by atoms with Gasteiger partial charge in [-0.3, -0.25) is 4.79 Å². The van der Waals surface area contributed by atoms with Crippen molar-refractivity contribution < 1.29 is 9.53 Å². The van der Waals surface area contributed by atoms with E-state index < -0.39 is 0 Å². The van der Waals surface area contributed by atoms with Crippen LogP contribution in [0.5, 0.6) is 0 Å². The molecule has 0 aromatic carbocycles. The van der Waals surface area contributed by atoms with Crippen molar-refractivity contribution in [1.29, 1.82) is 0 Å². The SMILES string of the molecule is CNC(C)CNC(=O)CCC1CCCCO1.Cl. The molecule has 1 rings (SSSR count). The number of ether oxygens (including phenoxy) is 1. The first-order valence-corrected chi connectivity index (χ1v) is 6.28. The van der Waals surface area contributed by atoms with E-state index in [0.29, 0.717) is 25.1 Å². The lowest BCUT2D eigenvalue weighted by Crippen LogP contribution is -2.37. The van der Waals surface area contributed by atoms with E-state index in [0.717, 1.165) is 19.4 Å². The Morgan fingerprint density at radius 1 is 1.47 bits per heavy atom. The summed E-state index contributed by atoms with van der Waals surface area (Å²) in [4.78, 5) is 11.5. The van der Waals surface area contributed by atoms with Crippen molar-refractivity contribution in [2.24, 2.45) is 0 Å². The van der Waals surface area contributed by atoms with Gasteiger partial charge in [0.2, 0.25) is 5.91 Å². The second-order valence-electron chi connectivity index (χ2n) is 4.52. The highest BCUT2D eigenvalue weighted by molar-refractivity contribution is 5.85. The van der Waals surface area contributed by atoms with Gasteiger partial charge in [-0.15, -0.1) is 12.4 Å². The summed E-state index contributed by atoms with van der Waals surface area (Å²) >= 11 is 0. The molecule has 102 valence electrons. The summed E-state index contributed by atoms with van der Waals surface area (Å²) in [5.74, 6) is 0.135. The van der Waals surface area contributed by atoms with Gasteiger partial charge in [0.1, 0.15) is 0 Å². The van der Waals surface area contributed by atoms with Crippen molar-refractivity contribution in [2.45, 2.75) is 51.2 Å². The zero-order chi connectivity index (χ0) is 11.8. The Morgan fingerprint density at radius 3 is 2.82 bits per heavy atom. The number of rotatable bonds is 6. The molecule has 1 fully saturated rings. The zero-order valence-electron chi connectivity index (χ0n) is 10.8.